The molecular formula is C19H23ClN4OS. The van der Waals surface area contributed by atoms with Crippen molar-refractivity contribution in [2.75, 3.05) is 26.2 Å². The van der Waals surface area contributed by atoms with Crippen LogP contribution in [0.1, 0.15) is 27.3 Å². The molecule has 0 bridgehead atoms. The zero-order valence-electron chi connectivity index (χ0n) is 14.8. The fourth-order valence-corrected chi connectivity index (χ4v) is 4.42. The number of hydrogen-bond acceptors (Lipinski definition) is 4. The van der Waals surface area contributed by atoms with Crippen molar-refractivity contribution in [3.63, 3.8) is 0 Å². The minimum atomic E-state index is 0. The zero-order valence-corrected chi connectivity index (χ0v) is 16.4. The standard InChI is InChI=1S/C19H22N4OS.ClH/c1-14-16-12-17(18(24)22-10-5-8-20-9-11-22)25-19(16)23(21-14)13-15-6-3-2-4-7-15;/h2-4,6-7,12,20H,5,8-11,13H2,1H3;1H. The van der Waals surface area contributed by atoms with Crippen LogP contribution >= 0.6 is 23.7 Å². The largest absolute Gasteiger partial charge is 0.337 e. The average Bonchev–Trinajstić information content (AvgIpc) is 3.05. The summed E-state index contributed by atoms with van der Waals surface area (Å²) in [7, 11) is 0. The highest BCUT2D eigenvalue weighted by Gasteiger charge is 2.21. The van der Waals surface area contributed by atoms with Gasteiger partial charge in [-0.15, -0.1) is 23.7 Å². The number of rotatable bonds is 3. The number of carbonyl (C=O) groups excluding carboxylic acids is 1. The molecule has 4 rings (SSSR count). The molecule has 0 atom stereocenters. The Hall–Kier alpha value is -1.89. The summed E-state index contributed by atoms with van der Waals surface area (Å²) >= 11 is 1.56. The Balaban J connectivity index is 0.00000196. The summed E-state index contributed by atoms with van der Waals surface area (Å²) in [5.74, 6) is 0.149. The van der Waals surface area contributed by atoms with Crippen molar-refractivity contribution in [2.24, 2.45) is 0 Å². The molecule has 0 unspecified atom stereocenters. The number of nitrogens with zero attached hydrogens (tertiary/aromatic N) is 3. The predicted octanol–water partition coefficient (Wildman–Crippen LogP) is 3.31. The quantitative estimate of drug-likeness (QED) is 0.746. The Kier molecular flexibility index (Phi) is 5.96. The average molecular weight is 391 g/mol. The van der Waals surface area contributed by atoms with E-state index in [9.17, 15) is 4.79 Å². The molecule has 7 heteroatoms. The third-order valence-corrected chi connectivity index (χ3v) is 5.76. The van der Waals surface area contributed by atoms with E-state index in [1.54, 1.807) is 11.3 Å². The number of fused-ring (bicyclic) bond motifs is 1. The number of amides is 1. The summed E-state index contributed by atoms with van der Waals surface area (Å²) in [5.41, 5.74) is 2.20. The minimum Gasteiger partial charge on any atom is -0.337 e. The van der Waals surface area contributed by atoms with Gasteiger partial charge in [0.15, 0.2) is 0 Å². The molecule has 1 saturated heterocycles. The molecule has 1 aliphatic heterocycles. The molecule has 2 aromatic heterocycles. The Bertz CT molecular complexity index is 882. The van der Waals surface area contributed by atoms with Crippen LogP contribution in [0.15, 0.2) is 36.4 Å². The second-order valence-corrected chi connectivity index (χ2v) is 7.48. The van der Waals surface area contributed by atoms with Crippen molar-refractivity contribution < 1.29 is 4.79 Å². The number of aromatic nitrogens is 2. The van der Waals surface area contributed by atoms with Crippen molar-refractivity contribution in [1.82, 2.24) is 20.0 Å². The Morgan fingerprint density at radius 1 is 1.23 bits per heavy atom. The Morgan fingerprint density at radius 2 is 2.04 bits per heavy atom. The van der Waals surface area contributed by atoms with Gasteiger partial charge in [-0.2, -0.15) is 5.10 Å². The maximum Gasteiger partial charge on any atom is 0.264 e. The van der Waals surface area contributed by atoms with Crippen LogP contribution in [0.5, 0.6) is 0 Å². The number of halogens is 1. The number of carbonyl (C=O) groups is 1. The molecule has 1 fully saturated rings. The van der Waals surface area contributed by atoms with E-state index in [4.69, 9.17) is 0 Å². The topological polar surface area (TPSA) is 50.2 Å². The van der Waals surface area contributed by atoms with Crippen LogP contribution < -0.4 is 5.32 Å². The molecule has 0 aliphatic carbocycles. The second kappa shape index (κ2) is 8.20. The molecule has 26 heavy (non-hydrogen) atoms. The summed E-state index contributed by atoms with van der Waals surface area (Å²) in [6, 6.07) is 12.3. The Morgan fingerprint density at radius 3 is 2.85 bits per heavy atom. The van der Waals surface area contributed by atoms with Gasteiger partial charge >= 0.3 is 0 Å². The van der Waals surface area contributed by atoms with Crippen molar-refractivity contribution in [1.29, 1.82) is 0 Å². The van der Waals surface area contributed by atoms with Crippen LogP contribution in [-0.4, -0.2) is 46.8 Å². The van der Waals surface area contributed by atoms with E-state index in [0.717, 1.165) is 59.9 Å². The normalized spacial score (nSPS) is 14.9. The molecule has 138 valence electrons. The number of thiophene rings is 1. The van der Waals surface area contributed by atoms with Gasteiger partial charge in [-0.05, 0) is 31.5 Å². The van der Waals surface area contributed by atoms with Crippen LogP contribution in [0, 0.1) is 6.92 Å². The molecule has 1 amide bonds. The third kappa shape index (κ3) is 3.77. The fourth-order valence-electron chi connectivity index (χ4n) is 3.29. The van der Waals surface area contributed by atoms with Crippen molar-refractivity contribution in [3.05, 3.63) is 52.5 Å². The highest BCUT2D eigenvalue weighted by atomic mass is 35.5. The van der Waals surface area contributed by atoms with Gasteiger partial charge in [0.1, 0.15) is 4.83 Å². The fraction of sp³-hybridized carbons (Fsp3) is 0.368. The summed E-state index contributed by atoms with van der Waals surface area (Å²) in [6.45, 7) is 6.21. The maximum absolute atomic E-state index is 12.9. The number of nitrogens with one attached hydrogen (secondary N) is 1. The molecule has 0 saturated carbocycles. The van der Waals surface area contributed by atoms with Gasteiger partial charge in [0.05, 0.1) is 17.1 Å². The first-order valence-electron chi connectivity index (χ1n) is 8.73. The third-order valence-electron chi connectivity index (χ3n) is 4.62. The summed E-state index contributed by atoms with van der Waals surface area (Å²) < 4.78 is 2.02. The van der Waals surface area contributed by atoms with Gasteiger partial charge in [-0.25, -0.2) is 0 Å². The summed E-state index contributed by atoms with van der Waals surface area (Å²) in [4.78, 5) is 16.7. The lowest BCUT2D eigenvalue weighted by molar-refractivity contribution is 0.0771. The van der Waals surface area contributed by atoms with Crippen LogP contribution in [0.2, 0.25) is 0 Å². The van der Waals surface area contributed by atoms with Gasteiger partial charge in [-0.1, -0.05) is 30.3 Å². The number of benzene rings is 1. The molecule has 0 spiro atoms. The number of hydrogen-bond donors (Lipinski definition) is 1. The lowest BCUT2D eigenvalue weighted by Crippen LogP contribution is -2.33. The van der Waals surface area contributed by atoms with Crippen molar-refractivity contribution in [2.45, 2.75) is 19.9 Å². The van der Waals surface area contributed by atoms with E-state index < -0.39 is 0 Å². The second-order valence-electron chi connectivity index (χ2n) is 6.45. The van der Waals surface area contributed by atoms with E-state index in [2.05, 4.69) is 22.5 Å². The van der Waals surface area contributed by atoms with E-state index in [1.807, 2.05) is 40.8 Å². The van der Waals surface area contributed by atoms with E-state index in [0.29, 0.717) is 0 Å². The first-order chi connectivity index (χ1) is 12.2. The molecule has 5 nitrogen and oxygen atoms in total. The Labute approximate surface area is 163 Å². The molecule has 3 heterocycles. The SMILES string of the molecule is Cc1nn(Cc2ccccc2)c2sc(C(=O)N3CCCNCC3)cc12.Cl. The van der Waals surface area contributed by atoms with Crippen LogP contribution in [0.4, 0.5) is 0 Å². The summed E-state index contributed by atoms with van der Waals surface area (Å²) in [5, 5.41) is 9.11. The number of aryl methyl sites for hydroxylation is 1. The van der Waals surface area contributed by atoms with Crippen molar-refractivity contribution >= 4 is 39.9 Å². The first-order valence-corrected chi connectivity index (χ1v) is 9.55. The predicted molar refractivity (Wildman–Crippen MR) is 109 cm³/mol. The first kappa shape index (κ1) is 18.9. The lowest BCUT2D eigenvalue weighted by Gasteiger charge is -2.18. The molecule has 1 aromatic carbocycles. The van der Waals surface area contributed by atoms with Gasteiger partial charge < -0.3 is 10.2 Å². The highest BCUT2D eigenvalue weighted by Crippen LogP contribution is 2.29. The minimum absolute atomic E-state index is 0. The monoisotopic (exact) mass is 390 g/mol. The van der Waals surface area contributed by atoms with Crippen LogP contribution in [0.25, 0.3) is 10.2 Å². The van der Waals surface area contributed by atoms with Gasteiger partial charge in [-0.3, -0.25) is 9.48 Å². The van der Waals surface area contributed by atoms with E-state index >= 15 is 0 Å². The van der Waals surface area contributed by atoms with Crippen LogP contribution in [-0.2, 0) is 6.54 Å². The smallest absolute Gasteiger partial charge is 0.264 e. The molecule has 1 aliphatic rings. The van der Waals surface area contributed by atoms with E-state index in [1.165, 1.54) is 5.56 Å². The molecular weight excluding hydrogens is 368 g/mol. The van der Waals surface area contributed by atoms with Gasteiger partial charge in [0.25, 0.3) is 5.91 Å². The highest BCUT2D eigenvalue weighted by molar-refractivity contribution is 7.20. The maximum atomic E-state index is 12.9. The zero-order chi connectivity index (χ0) is 17.2. The van der Waals surface area contributed by atoms with Gasteiger partial charge in [0, 0.05) is 25.0 Å². The molecule has 1 N–H and O–H groups in total. The molecule has 3 aromatic rings. The van der Waals surface area contributed by atoms with Gasteiger partial charge in [0.2, 0.25) is 0 Å². The molecule has 0 radical (unpaired) electrons. The lowest BCUT2D eigenvalue weighted by atomic mass is 10.2. The van der Waals surface area contributed by atoms with Crippen molar-refractivity contribution in [3.8, 4) is 0 Å². The summed E-state index contributed by atoms with van der Waals surface area (Å²) in [6.07, 6.45) is 1.01. The van der Waals surface area contributed by atoms with E-state index in [-0.39, 0.29) is 18.3 Å². The van der Waals surface area contributed by atoms with Crippen LogP contribution in [0.3, 0.4) is 0 Å².